The molecule has 5 nitrogen and oxygen atoms in total. The van der Waals surface area contributed by atoms with Gasteiger partial charge in [-0.15, -0.1) is 0 Å². The average molecular weight is 265 g/mol. The number of imidazole rings is 1. The summed E-state index contributed by atoms with van der Waals surface area (Å²) in [4.78, 5) is 7.56. The van der Waals surface area contributed by atoms with E-state index in [9.17, 15) is 8.42 Å². The van der Waals surface area contributed by atoms with Crippen molar-refractivity contribution in [1.29, 1.82) is 0 Å². The zero-order chi connectivity index (χ0) is 12.6. The molecule has 1 atom stereocenters. The summed E-state index contributed by atoms with van der Waals surface area (Å²) in [5.41, 5.74) is 1.90. The fourth-order valence-electron chi connectivity index (χ4n) is 2.31. The molecule has 0 amide bonds. The van der Waals surface area contributed by atoms with Crippen molar-refractivity contribution in [3.8, 4) is 0 Å². The summed E-state index contributed by atoms with van der Waals surface area (Å²) in [5, 5.41) is 3.18. The number of anilines is 1. The zero-order valence-corrected chi connectivity index (χ0v) is 10.7. The van der Waals surface area contributed by atoms with E-state index in [0.29, 0.717) is 24.0 Å². The fraction of sp³-hybridized carbons (Fsp3) is 0.417. The molecule has 0 radical (unpaired) electrons. The second-order valence-corrected chi connectivity index (χ2v) is 6.98. The van der Waals surface area contributed by atoms with E-state index < -0.39 is 9.84 Å². The minimum Gasteiger partial charge on any atom is -0.355 e. The largest absolute Gasteiger partial charge is 0.355 e. The summed E-state index contributed by atoms with van der Waals surface area (Å²) in [5.74, 6) is 1.52. The highest BCUT2D eigenvalue weighted by Crippen LogP contribution is 2.19. The summed E-state index contributed by atoms with van der Waals surface area (Å²) in [6, 6.07) is 7.80. The first kappa shape index (κ1) is 11.5. The molecule has 6 heteroatoms. The smallest absolute Gasteiger partial charge is 0.201 e. The van der Waals surface area contributed by atoms with Crippen LogP contribution in [0.4, 0.5) is 5.95 Å². The van der Waals surface area contributed by atoms with Crippen LogP contribution in [0.3, 0.4) is 0 Å². The van der Waals surface area contributed by atoms with Crippen molar-refractivity contribution in [2.45, 2.75) is 6.42 Å². The standard InChI is InChI=1S/C12H15N3O2S/c16-18(17)6-5-9(8-18)7-13-12-14-10-3-1-2-4-11(10)15-12/h1-4,9H,5-8H2,(H2,13,14,15). The molecule has 1 aromatic heterocycles. The number of benzene rings is 1. The summed E-state index contributed by atoms with van der Waals surface area (Å²) >= 11 is 0. The van der Waals surface area contributed by atoms with Crippen LogP contribution in [0.2, 0.25) is 0 Å². The second kappa shape index (κ2) is 4.28. The number of para-hydroxylation sites is 2. The van der Waals surface area contributed by atoms with Crippen LogP contribution < -0.4 is 5.32 Å². The van der Waals surface area contributed by atoms with Gasteiger partial charge < -0.3 is 10.3 Å². The Morgan fingerprint density at radius 1 is 1.39 bits per heavy atom. The van der Waals surface area contributed by atoms with Gasteiger partial charge in [0.05, 0.1) is 22.5 Å². The van der Waals surface area contributed by atoms with Gasteiger partial charge in [-0.25, -0.2) is 13.4 Å². The Labute approximate surface area is 106 Å². The number of nitrogens with zero attached hydrogens (tertiary/aromatic N) is 1. The number of hydrogen-bond donors (Lipinski definition) is 2. The third-order valence-electron chi connectivity index (χ3n) is 3.27. The predicted octanol–water partition coefficient (Wildman–Crippen LogP) is 1.41. The Morgan fingerprint density at radius 3 is 2.94 bits per heavy atom. The summed E-state index contributed by atoms with van der Waals surface area (Å²) in [6.45, 7) is 0.652. The van der Waals surface area contributed by atoms with Crippen LogP contribution in [0.5, 0.6) is 0 Å². The molecule has 96 valence electrons. The number of H-pyrrole nitrogens is 1. The van der Waals surface area contributed by atoms with Crippen molar-refractivity contribution in [2.24, 2.45) is 5.92 Å². The van der Waals surface area contributed by atoms with Crippen LogP contribution in [-0.4, -0.2) is 36.4 Å². The van der Waals surface area contributed by atoms with E-state index in [4.69, 9.17) is 0 Å². The van der Waals surface area contributed by atoms with E-state index in [1.165, 1.54) is 0 Å². The molecule has 0 bridgehead atoms. The van der Waals surface area contributed by atoms with Gasteiger partial charge in [-0.1, -0.05) is 12.1 Å². The molecule has 1 fully saturated rings. The molecule has 18 heavy (non-hydrogen) atoms. The number of rotatable bonds is 3. The lowest BCUT2D eigenvalue weighted by Crippen LogP contribution is -2.16. The van der Waals surface area contributed by atoms with E-state index in [0.717, 1.165) is 17.5 Å². The normalized spacial score (nSPS) is 22.3. The van der Waals surface area contributed by atoms with Gasteiger partial charge in [-0.2, -0.15) is 0 Å². The summed E-state index contributed by atoms with van der Waals surface area (Å²) < 4.78 is 22.7. The van der Waals surface area contributed by atoms with Crippen LogP contribution in [0.1, 0.15) is 6.42 Å². The van der Waals surface area contributed by atoms with Crippen molar-refractivity contribution in [3.63, 3.8) is 0 Å². The Bertz CT molecular complexity index is 630. The number of fused-ring (bicyclic) bond motifs is 1. The van der Waals surface area contributed by atoms with E-state index in [-0.39, 0.29) is 5.92 Å². The van der Waals surface area contributed by atoms with Crippen LogP contribution >= 0.6 is 0 Å². The maximum absolute atomic E-state index is 11.3. The minimum absolute atomic E-state index is 0.197. The van der Waals surface area contributed by atoms with Gasteiger partial charge >= 0.3 is 0 Å². The maximum Gasteiger partial charge on any atom is 0.201 e. The molecule has 1 aromatic carbocycles. The van der Waals surface area contributed by atoms with Gasteiger partial charge in [0.15, 0.2) is 9.84 Å². The van der Waals surface area contributed by atoms with Gasteiger partial charge in [0.2, 0.25) is 5.95 Å². The van der Waals surface area contributed by atoms with Gasteiger partial charge in [-0.05, 0) is 24.5 Å². The first-order chi connectivity index (χ1) is 8.62. The minimum atomic E-state index is -2.80. The van der Waals surface area contributed by atoms with Crippen LogP contribution in [0.15, 0.2) is 24.3 Å². The first-order valence-electron chi connectivity index (χ1n) is 6.01. The van der Waals surface area contributed by atoms with Crippen LogP contribution in [0, 0.1) is 5.92 Å². The lowest BCUT2D eigenvalue weighted by Gasteiger charge is -2.07. The van der Waals surface area contributed by atoms with Crippen molar-refractivity contribution in [1.82, 2.24) is 9.97 Å². The summed E-state index contributed by atoms with van der Waals surface area (Å²) in [6.07, 6.45) is 0.746. The molecule has 2 N–H and O–H groups in total. The molecule has 0 saturated carbocycles. The molecule has 2 heterocycles. The SMILES string of the molecule is O=S1(=O)CCC(CNc2nc3ccccc3[nH]2)C1. The van der Waals surface area contributed by atoms with Gasteiger partial charge in [0, 0.05) is 6.54 Å². The molecular formula is C12H15N3O2S. The molecule has 0 aliphatic carbocycles. The van der Waals surface area contributed by atoms with E-state index in [1.807, 2.05) is 24.3 Å². The van der Waals surface area contributed by atoms with Crippen LogP contribution in [0.25, 0.3) is 11.0 Å². The highest BCUT2D eigenvalue weighted by molar-refractivity contribution is 7.91. The van der Waals surface area contributed by atoms with E-state index in [1.54, 1.807) is 0 Å². The molecular weight excluding hydrogens is 250 g/mol. The van der Waals surface area contributed by atoms with E-state index in [2.05, 4.69) is 15.3 Å². The number of aromatic nitrogens is 2. The fourth-order valence-corrected chi connectivity index (χ4v) is 4.17. The number of nitrogens with one attached hydrogen (secondary N) is 2. The molecule has 1 aliphatic rings. The quantitative estimate of drug-likeness (QED) is 0.880. The monoisotopic (exact) mass is 265 g/mol. The Balaban J connectivity index is 1.67. The lowest BCUT2D eigenvalue weighted by molar-refractivity contribution is 0.595. The lowest BCUT2D eigenvalue weighted by atomic mass is 10.1. The molecule has 1 saturated heterocycles. The third-order valence-corrected chi connectivity index (χ3v) is 5.11. The number of hydrogen-bond acceptors (Lipinski definition) is 4. The summed E-state index contributed by atoms with van der Waals surface area (Å²) in [7, 11) is -2.80. The van der Waals surface area contributed by atoms with Crippen LogP contribution in [-0.2, 0) is 9.84 Å². The first-order valence-corrected chi connectivity index (χ1v) is 7.83. The zero-order valence-electron chi connectivity index (χ0n) is 9.89. The van der Waals surface area contributed by atoms with E-state index >= 15 is 0 Å². The topological polar surface area (TPSA) is 74.8 Å². The third kappa shape index (κ3) is 2.33. The Morgan fingerprint density at radius 2 is 2.22 bits per heavy atom. The Hall–Kier alpha value is -1.56. The highest BCUT2D eigenvalue weighted by atomic mass is 32.2. The molecule has 1 aliphatic heterocycles. The average Bonchev–Trinajstić information content (AvgIpc) is 2.89. The highest BCUT2D eigenvalue weighted by Gasteiger charge is 2.27. The molecule has 2 aromatic rings. The van der Waals surface area contributed by atoms with Crippen molar-refractivity contribution in [2.75, 3.05) is 23.4 Å². The Kier molecular flexibility index (Phi) is 2.74. The molecule has 0 spiro atoms. The van der Waals surface area contributed by atoms with Gasteiger partial charge in [0.25, 0.3) is 0 Å². The number of aromatic amines is 1. The van der Waals surface area contributed by atoms with Gasteiger partial charge in [0.1, 0.15) is 0 Å². The van der Waals surface area contributed by atoms with Crippen molar-refractivity contribution < 1.29 is 8.42 Å². The van der Waals surface area contributed by atoms with Crippen molar-refractivity contribution in [3.05, 3.63) is 24.3 Å². The maximum atomic E-state index is 11.3. The number of sulfone groups is 1. The molecule has 1 unspecified atom stereocenters. The molecule has 3 rings (SSSR count). The van der Waals surface area contributed by atoms with Crippen molar-refractivity contribution >= 4 is 26.8 Å². The predicted molar refractivity (Wildman–Crippen MR) is 71.3 cm³/mol. The second-order valence-electron chi connectivity index (χ2n) is 4.75. The van der Waals surface area contributed by atoms with Gasteiger partial charge in [-0.3, -0.25) is 0 Å².